The van der Waals surface area contributed by atoms with Crippen molar-refractivity contribution in [2.75, 3.05) is 17.9 Å². The molecule has 0 radical (unpaired) electrons. The van der Waals surface area contributed by atoms with Crippen LogP contribution in [0.25, 0.3) is 0 Å². The summed E-state index contributed by atoms with van der Waals surface area (Å²) < 4.78 is 27.0. The summed E-state index contributed by atoms with van der Waals surface area (Å²) in [5.41, 5.74) is 1.70. The lowest BCUT2D eigenvalue weighted by molar-refractivity contribution is -0.122. The minimum absolute atomic E-state index is 0.00566. The molecule has 0 aliphatic rings. The number of likely N-dealkylation sites (N-methyl/N-ethyl adjacent to an activating group) is 1. The number of aryl methyl sites for hydroxylation is 1. The molecule has 8 heteroatoms. The highest BCUT2D eigenvalue weighted by atomic mass is 32.2. The highest BCUT2D eigenvalue weighted by Crippen LogP contribution is 2.23. The lowest BCUT2D eigenvalue weighted by Crippen LogP contribution is -2.44. The predicted molar refractivity (Wildman–Crippen MR) is 109 cm³/mol. The fraction of sp³-hybridized carbons (Fsp3) is 0.300. The fourth-order valence-electron chi connectivity index (χ4n) is 2.52. The van der Waals surface area contributed by atoms with Crippen LogP contribution in [0.5, 0.6) is 0 Å². The third kappa shape index (κ3) is 4.89. The van der Waals surface area contributed by atoms with E-state index in [4.69, 9.17) is 0 Å². The standard InChI is InChI=1S/C20H25N3O4S/c1-5-21-19(24)15(3)22-20(25)16-7-6-8-18(13-16)28(26,27)23(4)17-11-9-14(2)10-12-17/h6-13,15H,5H2,1-4H3,(H,21,24)(H,22,25). The van der Waals surface area contributed by atoms with E-state index in [0.717, 1.165) is 5.56 Å². The van der Waals surface area contributed by atoms with Crippen molar-refractivity contribution >= 4 is 27.5 Å². The zero-order valence-corrected chi connectivity index (χ0v) is 17.2. The number of nitrogens with one attached hydrogen (secondary N) is 2. The van der Waals surface area contributed by atoms with Gasteiger partial charge in [0, 0.05) is 19.2 Å². The molecule has 0 spiro atoms. The molecular formula is C20H25N3O4S. The van der Waals surface area contributed by atoms with Gasteiger partial charge in [0.1, 0.15) is 6.04 Å². The second-order valence-corrected chi connectivity index (χ2v) is 8.39. The van der Waals surface area contributed by atoms with Gasteiger partial charge in [0.25, 0.3) is 15.9 Å². The molecule has 1 atom stereocenters. The van der Waals surface area contributed by atoms with E-state index >= 15 is 0 Å². The van der Waals surface area contributed by atoms with Crippen molar-refractivity contribution in [3.63, 3.8) is 0 Å². The summed E-state index contributed by atoms with van der Waals surface area (Å²) >= 11 is 0. The molecule has 1 unspecified atom stereocenters. The first-order valence-corrected chi connectivity index (χ1v) is 10.3. The maximum atomic E-state index is 12.9. The first-order valence-electron chi connectivity index (χ1n) is 8.91. The first kappa shape index (κ1) is 21.4. The van der Waals surface area contributed by atoms with E-state index in [1.54, 1.807) is 26.0 Å². The molecule has 0 saturated carbocycles. The van der Waals surface area contributed by atoms with Crippen LogP contribution in [0.2, 0.25) is 0 Å². The zero-order valence-electron chi connectivity index (χ0n) is 16.4. The monoisotopic (exact) mass is 403 g/mol. The minimum Gasteiger partial charge on any atom is -0.355 e. The van der Waals surface area contributed by atoms with Crippen LogP contribution < -0.4 is 14.9 Å². The van der Waals surface area contributed by atoms with Crippen LogP contribution in [0.4, 0.5) is 5.69 Å². The van der Waals surface area contributed by atoms with E-state index in [2.05, 4.69) is 10.6 Å². The Morgan fingerprint density at radius 3 is 2.36 bits per heavy atom. The molecular weight excluding hydrogens is 378 g/mol. The minimum atomic E-state index is -3.84. The SMILES string of the molecule is CCNC(=O)C(C)NC(=O)c1cccc(S(=O)(=O)N(C)c2ccc(C)cc2)c1. The summed E-state index contributed by atoms with van der Waals surface area (Å²) in [6, 6.07) is 12.1. The highest BCUT2D eigenvalue weighted by molar-refractivity contribution is 7.92. The molecule has 0 heterocycles. The number of anilines is 1. The highest BCUT2D eigenvalue weighted by Gasteiger charge is 2.23. The van der Waals surface area contributed by atoms with Crippen molar-refractivity contribution in [1.29, 1.82) is 0 Å². The van der Waals surface area contributed by atoms with Crippen LogP contribution in [0.1, 0.15) is 29.8 Å². The van der Waals surface area contributed by atoms with E-state index in [1.165, 1.54) is 35.6 Å². The van der Waals surface area contributed by atoms with E-state index in [0.29, 0.717) is 12.2 Å². The summed E-state index contributed by atoms with van der Waals surface area (Å²) in [7, 11) is -2.38. The molecule has 2 rings (SSSR count). The largest absolute Gasteiger partial charge is 0.355 e. The van der Waals surface area contributed by atoms with Crippen LogP contribution in [0.3, 0.4) is 0 Å². The van der Waals surface area contributed by atoms with Crippen LogP contribution in [-0.2, 0) is 14.8 Å². The third-order valence-corrected chi connectivity index (χ3v) is 6.03. The molecule has 2 N–H and O–H groups in total. The van der Waals surface area contributed by atoms with Crippen molar-refractivity contribution < 1.29 is 18.0 Å². The van der Waals surface area contributed by atoms with Gasteiger partial charge in [-0.1, -0.05) is 23.8 Å². The van der Waals surface area contributed by atoms with E-state index in [9.17, 15) is 18.0 Å². The Balaban J connectivity index is 2.24. The number of benzene rings is 2. The maximum Gasteiger partial charge on any atom is 0.264 e. The number of nitrogens with zero attached hydrogens (tertiary/aromatic N) is 1. The number of hydrogen-bond donors (Lipinski definition) is 2. The molecule has 28 heavy (non-hydrogen) atoms. The summed E-state index contributed by atoms with van der Waals surface area (Å²) in [6.45, 7) is 5.72. The smallest absolute Gasteiger partial charge is 0.264 e. The molecule has 0 aromatic heterocycles. The van der Waals surface area contributed by atoms with Gasteiger partial charge in [0.15, 0.2) is 0 Å². The fourth-order valence-corrected chi connectivity index (χ4v) is 3.76. The molecule has 150 valence electrons. The predicted octanol–water partition coefficient (Wildman–Crippen LogP) is 2.07. The Morgan fingerprint density at radius 2 is 1.75 bits per heavy atom. The number of sulfonamides is 1. The Morgan fingerprint density at radius 1 is 1.11 bits per heavy atom. The molecule has 2 aromatic carbocycles. The van der Waals surface area contributed by atoms with Gasteiger partial charge < -0.3 is 10.6 Å². The number of carbonyl (C=O) groups is 2. The molecule has 0 bridgehead atoms. The molecule has 0 saturated heterocycles. The number of hydrogen-bond acceptors (Lipinski definition) is 4. The topological polar surface area (TPSA) is 95.6 Å². The normalized spacial score (nSPS) is 12.1. The third-order valence-electron chi connectivity index (χ3n) is 4.24. The Hall–Kier alpha value is -2.87. The summed E-state index contributed by atoms with van der Waals surface area (Å²) in [4.78, 5) is 24.2. The van der Waals surface area contributed by atoms with Gasteiger partial charge in [-0.3, -0.25) is 13.9 Å². The van der Waals surface area contributed by atoms with Crippen LogP contribution in [0, 0.1) is 6.92 Å². The Kier molecular flexibility index (Phi) is 6.80. The van der Waals surface area contributed by atoms with E-state index < -0.39 is 22.0 Å². The van der Waals surface area contributed by atoms with Gasteiger partial charge in [-0.05, 0) is 51.1 Å². The van der Waals surface area contributed by atoms with Gasteiger partial charge in [0.2, 0.25) is 5.91 Å². The van der Waals surface area contributed by atoms with Crippen LogP contribution in [0.15, 0.2) is 53.4 Å². The number of carbonyl (C=O) groups excluding carboxylic acids is 2. The Bertz CT molecular complexity index is 956. The second-order valence-electron chi connectivity index (χ2n) is 6.43. The number of amides is 2. The van der Waals surface area contributed by atoms with Gasteiger partial charge in [0.05, 0.1) is 10.6 Å². The molecule has 2 amide bonds. The van der Waals surface area contributed by atoms with E-state index in [-0.39, 0.29) is 16.4 Å². The average Bonchev–Trinajstić information content (AvgIpc) is 2.68. The van der Waals surface area contributed by atoms with Gasteiger partial charge >= 0.3 is 0 Å². The molecule has 7 nitrogen and oxygen atoms in total. The maximum absolute atomic E-state index is 12.9. The lowest BCUT2D eigenvalue weighted by atomic mass is 10.2. The van der Waals surface area contributed by atoms with Crippen LogP contribution >= 0.6 is 0 Å². The summed E-state index contributed by atoms with van der Waals surface area (Å²) in [5, 5.41) is 5.19. The molecule has 0 aliphatic heterocycles. The van der Waals surface area contributed by atoms with Crippen molar-refractivity contribution in [1.82, 2.24) is 10.6 Å². The van der Waals surface area contributed by atoms with Crippen LogP contribution in [-0.4, -0.2) is 39.9 Å². The molecule has 0 fully saturated rings. The molecule has 0 aliphatic carbocycles. The van der Waals surface area contributed by atoms with Crippen molar-refractivity contribution in [2.45, 2.75) is 31.7 Å². The van der Waals surface area contributed by atoms with Gasteiger partial charge in [-0.25, -0.2) is 8.42 Å². The lowest BCUT2D eigenvalue weighted by Gasteiger charge is -2.20. The first-order chi connectivity index (χ1) is 13.2. The van der Waals surface area contributed by atoms with E-state index in [1.807, 2.05) is 19.1 Å². The average molecular weight is 404 g/mol. The number of rotatable bonds is 7. The Labute approximate surface area is 165 Å². The second kappa shape index (κ2) is 8.88. The van der Waals surface area contributed by atoms with Crippen molar-refractivity contribution in [2.24, 2.45) is 0 Å². The summed E-state index contributed by atoms with van der Waals surface area (Å²) in [6.07, 6.45) is 0. The van der Waals surface area contributed by atoms with Crippen molar-refractivity contribution in [3.05, 3.63) is 59.7 Å². The quantitative estimate of drug-likeness (QED) is 0.740. The van der Waals surface area contributed by atoms with Gasteiger partial charge in [-0.2, -0.15) is 0 Å². The summed E-state index contributed by atoms with van der Waals surface area (Å²) in [5.74, 6) is -0.826. The van der Waals surface area contributed by atoms with Crippen molar-refractivity contribution in [3.8, 4) is 0 Å². The zero-order chi connectivity index (χ0) is 20.9. The van der Waals surface area contributed by atoms with Gasteiger partial charge in [-0.15, -0.1) is 0 Å². The molecule has 2 aromatic rings.